The highest BCUT2D eigenvalue weighted by Gasteiger charge is 2.31. The lowest BCUT2D eigenvalue weighted by Crippen LogP contribution is -2.49. The second-order valence-electron chi connectivity index (χ2n) is 9.07. The predicted molar refractivity (Wildman–Crippen MR) is 140 cm³/mol. The molecule has 1 aliphatic heterocycles. The van der Waals surface area contributed by atoms with Gasteiger partial charge in [0.25, 0.3) is 5.56 Å². The number of fused-ring (bicyclic) bond motifs is 1. The van der Waals surface area contributed by atoms with Crippen molar-refractivity contribution >= 4 is 27.9 Å². The van der Waals surface area contributed by atoms with Gasteiger partial charge in [0.05, 0.1) is 5.69 Å². The molecule has 0 aliphatic carbocycles. The largest absolute Gasteiger partial charge is 0.324 e. The fourth-order valence-electron chi connectivity index (χ4n) is 4.61. The number of carbonyl (C=O) groups is 1. The molecule has 1 N–H and O–H groups in total. The van der Waals surface area contributed by atoms with Crippen molar-refractivity contribution in [3.63, 3.8) is 0 Å². The van der Waals surface area contributed by atoms with Crippen molar-refractivity contribution in [1.29, 1.82) is 0 Å². The first-order valence-electron chi connectivity index (χ1n) is 11.8. The zero-order valence-corrected chi connectivity index (χ0v) is 20.8. The van der Waals surface area contributed by atoms with Gasteiger partial charge in [0.2, 0.25) is 5.91 Å². The van der Waals surface area contributed by atoms with Gasteiger partial charge in [-0.3, -0.25) is 23.8 Å². The van der Waals surface area contributed by atoms with Crippen molar-refractivity contribution in [3.8, 4) is 0 Å². The Bertz CT molecular complexity index is 1390. The van der Waals surface area contributed by atoms with Gasteiger partial charge in [-0.25, -0.2) is 4.98 Å². The Morgan fingerprint density at radius 2 is 1.83 bits per heavy atom. The number of hydrogen-bond acceptors (Lipinski definition) is 6. The average Bonchev–Trinajstić information content (AvgIpc) is 3.33. The summed E-state index contributed by atoms with van der Waals surface area (Å²) in [5.41, 5.74) is 4.75. The number of carbonyl (C=O) groups excluding carboxylic acids is 1. The van der Waals surface area contributed by atoms with Crippen LogP contribution in [0.1, 0.15) is 28.4 Å². The Morgan fingerprint density at radius 3 is 2.60 bits per heavy atom. The van der Waals surface area contributed by atoms with E-state index in [4.69, 9.17) is 0 Å². The quantitative estimate of drug-likeness (QED) is 0.447. The summed E-state index contributed by atoms with van der Waals surface area (Å²) < 4.78 is 1.57. The highest BCUT2D eigenvalue weighted by molar-refractivity contribution is 7.15. The van der Waals surface area contributed by atoms with Crippen LogP contribution in [0.2, 0.25) is 0 Å². The van der Waals surface area contributed by atoms with Crippen molar-refractivity contribution in [3.05, 3.63) is 98.9 Å². The molecule has 0 spiro atoms. The second kappa shape index (κ2) is 10.1. The maximum absolute atomic E-state index is 13.6. The van der Waals surface area contributed by atoms with Crippen LogP contribution in [-0.2, 0) is 11.3 Å². The molecule has 5 rings (SSSR count). The summed E-state index contributed by atoms with van der Waals surface area (Å²) in [5.74, 6) is -0.0174. The molecule has 1 saturated heterocycles. The van der Waals surface area contributed by atoms with Crippen molar-refractivity contribution in [2.24, 2.45) is 0 Å². The second-order valence-corrected chi connectivity index (χ2v) is 9.95. The van der Waals surface area contributed by atoms with E-state index >= 15 is 0 Å². The van der Waals surface area contributed by atoms with Crippen LogP contribution in [-0.4, -0.2) is 51.3 Å². The summed E-state index contributed by atoms with van der Waals surface area (Å²) in [4.78, 5) is 35.8. The van der Waals surface area contributed by atoms with Crippen molar-refractivity contribution < 1.29 is 4.79 Å². The van der Waals surface area contributed by atoms with Gasteiger partial charge in [-0.05, 0) is 36.6 Å². The summed E-state index contributed by atoms with van der Waals surface area (Å²) >= 11 is 1.47. The summed E-state index contributed by atoms with van der Waals surface area (Å²) in [5, 5.41) is 5.05. The molecule has 1 amide bonds. The SMILES string of the molecule is Cc1ccc(C)c(NC(=O)C(c2ccccc2)N2CCN(Cc3cc(=O)n4ccsc4n3)CC2)c1. The third-order valence-corrected chi connectivity index (χ3v) is 7.29. The number of amides is 1. The van der Waals surface area contributed by atoms with Gasteiger partial charge in [-0.1, -0.05) is 42.5 Å². The number of piperazine rings is 1. The molecular weight excluding hydrogens is 458 g/mol. The zero-order valence-electron chi connectivity index (χ0n) is 20.0. The van der Waals surface area contributed by atoms with Gasteiger partial charge in [0.1, 0.15) is 6.04 Å². The number of anilines is 1. The van der Waals surface area contributed by atoms with Crippen LogP contribution in [0.5, 0.6) is 0 Å². The number of aryl methyl sites for hydroxylation is 2. The lowest BCUT2D eigenvalue weighted by molar-refractivity contribution is -0.122. The fourth-order valence-corrected chi connectivity index (χ4v) is 5.35. The summed E-state index contributed by atoms with van der Waals surface area (Å²) in [6.45, 7) is 7.76. The van der Waals surface area contributed by atoms with Crippen LogP contribution >= 0.6 is 11.3 Å². The van der Waals surface area contributed by atoms with Crippen LogP contribution < -0.4 is 10.9 Å². The fraction of sp³-hybridized carbons (Fsp3) is 0.296. The number of benzene rings is 2. The Balaban J connectivity index is 1.30. The number of thiazole rings is 1. The van der Waals surface area contributed by atoms with Gasteiger partial charge in [-0.15, -0.1) is 11.3 Å². The van der Waals surface area contributed by atoms with Crippen LogP contribution in [0.4, 0.5) is 5.69 Å². The predicted octanol–water partition coefficient (Wildman–Crippen LogP) is 3.87. The smallest absolute Gasteiger partial charge is 0.258 e. The molecule has 0 saturated carbocycles. The van der Waals surface area contributed by atoms with Crippen LogP contribution in [0.3, 0.4) is 0 Å². The van der Waals surface area contributed by atoms with E-state index in [1.807, 2.05) is 61.7 Å². The maximum atomic E-state index is 13.6. The number of nitrogens with one attached hydrogen (secondary N) is 1. The monoisotopic (exact) mass is 487 g/mol. The molecule has 1 unspecified atom stereocenters. The lowest BCUT2D eigenvalue weighted by Gasteiger charge is -2.38. The highest BCUT2D eigenvalue weighted by atomic mass is 32.1. The first-order chi connectivity index (χ1) is 17.0. The van der Waals surface area contributed by atoms with Crippen LogP contribution in [0.15, 0.2) is 71.0 Å². The minimum Gasteiger partial charge on any atom is -0.324 e. The van der Waals surface area contributed by atoms with E-state index in [1.165, 1.54) is 11.3 Å². The van der Waals surface area contributed by atoms with Gasteiger partial charge in [0, 0.05) is 56.1 Å². The zero-order chi connectivity index (χ0) is 24.4. The molecule has 7 nitrogen and oxygen atoms in total. The van der Waals surface area contributed by atoms with E-state index in [9.17, 15) is 9.59 Å². The van der Waals surface area contributed by atoms with Gasteiger partial charge >= 0.3 is 0 Å². The molecule has 0 radical (unpaired) electrons. The van der Waals surface area contributed by atoms with E-state index in [-0.39, 0.29) is 17.5 Å². The number of rotatable bonds is 6. The lowest BCUT2D eigenvalue weighted by atomic mass is 10.0. The third kappa shape index (κ3) is 5.19. The molecule has 3 heterocycles. The highest BCUT2D eigenvalue weighted by Crippen LogP contribution is 2.26. The molecule has 180 valence electrons. The topological polar surface area (TPSA) is 70.0 Å². The van der Waals surface area contributed by atoms with Gasteiger partial charge in [-0.2, -0.15) is 0 Å². The van der Waals surface area contributed by atoms with Crippen LogP contribution in [0, 0.1) is 13.8 Å². The van der Waals surface area contributed by atoms with E-state index in [2.05, 4.69) is 26.2 Å². The van der Waals surface area contributed by atoms with Crippen molar-refractivity contribution in [2.75, 3.05) is 31.5 Å². The molecule has 1 aliphatic rings. The standard InChI is InChI=1S/C27H29N5O2S/c1-19-8-9-20(2)23(16-19)29-26(34)25(21-6-4-3-5-7-21)31-12-10-30(11-13-31)18-22-17-24(33)32-14-15-35-27(32)28-22/h3-9,14-17,25H,10-13,18H2,1-2H3,(H,29,34). The molecule has 8 heteroatoms. The van der Waals surface area contributed by atoms with Gasteiger partial charge < -0.3 is 5.32 Å². The molecule has 0 bridgehead atoms. The minimum absolute atomic E-state index is 0.0174. The Labute approximate surface area is 208 Å². The Morgan fingerprint density at radius 1 is 1.06 bits per heavy atom. The van der Waals surface area contributed by atoms with E-state index in [0.717, 1.165) is 59.2 Å². The van der Waals surface area contributed by atoms with E-state index < -0.39 is 0 Å². The van der Waals surface area contributed by atoms with Crippen LogP contribution in [0.25, 0.3) is 4.96 Å². The summed E-state index contributed by atoms with van der Waals surface area (Å²) in [6, 6.07) is 17.3. The molecule has 2 aromatic heterocycles. The summed E-state index contributed by atoms with van der Waals surface area (Å²) in [6.07, 6.45) is 1.75. The first-order valence-corrected chi connectivity index (χ1v) is 12.7. The first kappa shape index (κ1) is 23.4. The molecule has 35 heavy (non-hydrogen) atoms. The molecular formula is C27H29N5O2S. The van der Waals surface area contributed by atoms with Crippen molar-refractivity contribution in [2.45, 2.75) is 26.4 Å². The molecule has 1 fully saturated rings. The summed E-state index contributed by atoms with van der Waals surface area (Å²) in [7, 11) is 0. The number of aromatic nitrogens is 2. The average molecular weight is 488 g/mol. The number of nitrogens with zero attached hydrogens (tertiary/aromatic N) is 4. The van der Waals surface area contributed by atoms with E-state index in [0.29, 0.717) is 6.54 Å². The van der Waals surface area contributed by atoms with Crippen molar-refractivity contribution in [1.82, 2.24) is 19.2 Å². The maximum Gasteiger partial charge on any atom is 0.258 e. The van der Waals surface area contributed by atoms with E-state index in [1.54, 1.807) is 16.7 Å². The van der Waals surface area contributed by atoms with Gasteiger partial charge in [0.15, 0.2) is 4.96 Å². The third-order valence-electron chi connectivity index (χ3n) is 6.53. The molecule has 4 aromatic rings. The molecule has 2 aromatic carbocycles. The Hall–Kier alpha value is -3.33. The number of hydrogen-bond donors (Lipinski definition) is 1. The Kier molecular flexibility index (Phi) is 6.77. The minimum atomic E-state index is -0.372. The molecule has 1 atom stereocenters. The normalized spacial score (nSPS) is 15.8.